The third-order valence-electron chi connectivity index (χ3n) is 5.27. The lowest BCUT2D eigenvalue weighted by atomic mass is 10.1. The zero-order chi connectivity index (χ0) is 24.4. The first-order chi connectivity index (χ1) is 15.5. The second kappa shape index (κ2) is 9.48. The molecule has 2 heterocycles. The number of carbonyl (C=O) groups excluding carboxylic acids is 1. The number of rotatable bonds is 7. The number of anilines is 2. The molecule has 2 aromatic heterocycles. The fraction of sp³-hybridized carbons (Fsp3) is 0.417. The molecule has 3 rings (SSSR count). The Kier molecular flexibility index (Phi) is 6.90. The average Bonchev–Trinajstić information content (AvgIpc) is 2.74. The molecule has 0 aliphatic carbocycles. The minimum atomic E-state index is -0.695. The number of nitrogen functional groups attached to an aromatic ring is 1. The number of aromatic nitrogens is 3. The number of aryl methyl sites for hydroxylation is 1. The van der Waals surface area contributed by atoms with Crippen LogP contribution in [0.3, 0.4) is 0 Å². The number of nitrogens with two attached hydrogens (primary N) is 1. The molecule has 1 amide bonds. The van der Waals surface area contributed by atoms with Crippen LogP contribution in [0.2, 0.25) is 0 Å². The predicted molar refractivity (Wildman–Crippen MR) is 130 cm³/mol. The highest BCUT2D eigenvalue weighted by Crippen LogP contribution is 2.26. The van der Waals surface area contributed by atoms with Crippen molar-refractivity contribution in [2.24, 2.45) is 11.8 Å². The maximum Gasteiger partial charge on any atom is 0.330 e. The average molecular weight is 454 g/mol. The summed E-state index contributed by atoms with van der Waals surface area (Å²) in [5, 5.41) is 0.736. The number of benzene rings is 1. The molecular weight excluding hydrogens is 422 g/mol. The second-order valence-electron chi connectivity index (χ2n) is 8.99. The van der Waals surface area contributed by atoms with E-state index in [0.717, 1.165) is 10.9 Å². The second-order valence-corrected chi connectivity index (χ2v) is 8.99. The Morgan fingerprint density at radius 2 is 1.88 bits per heavy atom. The van der Waals surface area contributed by atoms with Gasteiger partial charge in [-0.1, -0.05) is 27.7 Å². The standard InChI is InChI=1S/C24H31N5O4/c1-13(2)11-28(20-21(25)29(12-14(3)4)24(32)27-22(20)30)23(31)18-10-16-9-17(33-6)7-8-19(16)26-15(18)5/h7-10,13-14H,11-12,25H2,1-6H3,(H,27,30,32). The van der Waals surface area contributed by atoms with E-state index < -0.39 is 17.2 Å². The molecule has 0 atom stereocenters. The number of nitrogens with zero attached hydrogens (tertiary/aromatic N) is 3. The van der Waals surface area contributed by atoms with Crippen LogP contribution in [0.5, 0.6) is 5.75 Å². The van der Waals surface area contributed by atoms with E-state index in [2.05, 4.69) is 9.97 Å². The van der Waals surface area contributed by atoms with Crippen molar-refractivity contribution >= 4 is 28.3 Å². The highest BCUT2D eigenvalue weighted by molar-refractivity contribution is 6.09. The predicted octanol–water partition coefficient (Wildman–Crippen LogP) is 2.94. The Morgan fingerprint density at radius 1 is 1.18 bits per heavy atom. The molecule has 0 bridgehead atoms. The van der Waals surface area contributed by atoms with Crippen LogP contribution in [-0.2, 0) is 6.54 Å². The van der Waals surface area contributed by atoms with Gasteiger partial charge in [-0.05, 0) is 43.0 Å². The number of ether oxygens (including phenoxy) is 1. The van der Waals surface area contributed by atoms with Gasteiger partial charge in [0, 0.05) is 18.5 Å². The van der Waals surface area contributed by atoms with E-state index >= 15 is 0 Å². The van der Waals surface area contributed by atoms with Gasteiger partial charge in [0.1, 0.15) is 11.6 Å². The van der Waals surface area contributed by atoms with Gasteiger partial charge in [-0.15, -0.1) is 0 Å². The maximum atomic E-state index is 13.8. The minimum absolute atomic E-state index is 0.0282. The van der Waals surface area contributed by atoms with Crippen molar-refractivity contribution in [1.82, 2.24) is 14.5 Å². The smallest absolute Gasteiger partial charge is 0.330 e. The van der Waals surface area contributed by atoms with Crippen molar-refractivity contribution in [2.45, 2.75) is 41.2 Å². The quantitative estimate of drug-likeness (QED) is 0.567. The summed E-state index contributed by atoms with van der Waals surface area (Å²) in [6, 6.07) is 7.17. The Hall–Kier alpha value is -3.62. The van der Waals surface area contributed by atoms with E-state index in [4.69, 9.17) is 10.5 Å². The number of fused-ring (bicyclic) bond motifs is 1. The van der Waals surface area contributed by atoms with Crippen molar-refractivity contribution in [3.05, 3.63) is 56.4 Å². The summed E-state index contributed by atoms with van der Waals surface area (Å²) in [6.45, 7) is 10.0. The first-order valence-electron chi connectivity index (χ1n) is 10.9. The minimum Gasteiger partial charge on any atom is -0.497 e. The number of hydrogen-bond donors (Lipinski definition) is 2. The van der Waals surface area contributed by atoms with Gasteiger partial charge < -0.3 is 15.4 Å². The van der Waals surface area contributed by atoms with Crippen molar-refractivity contribution < 1.29 is 9.53 Å². The fourth-order valence-electron chi connectivity index (χ4n) is 3.77. The summed E-state index contributed by atoms with van der Waals surface area (Å²) >= 11 is 0. The Balaban J connectivity index is 2.21. The number of methoxy groups -OCH3 is 1. The zero-order valence-electron chi connectivity index (χ0n) is 19.9. The number of carbonyl (C=O) groups is 1. The molecular formula is C24H31N5O4. The highest BCUT2D eigenvalue weighted by atomic mass is 16.5. The van der Waals surface area contributed by atoms with Gasteiger partial charge in [0.05, 0.1) is 23.9 Å². The molecule has 0 spiro atoms. The number of amides is 1. The molecule has 0 unspecified atom stereocenters. The van der Waals surface area contributed by atoms with E-state index in [1.807, 2.05) is 33.8 Å². The van der Waals surface area contributed by atoms with Gasteiger partial charge in [0.25, 0.3) is 11.5 Å². The van der Waals surface area contributed by atoms with Crippen LogP contribution in [0.25, 0.3) is 10.9 Å². The Bertz CT molecular complexity index is 1310. The number of H-pyrrole nitrogens is 1. The Morgan fingerprint density at radius 3 is 2.48 bits per heavy atom. The number of aromatic amines is 1. The van der Waals surface area contributed by atoms with Crippen LogP contribution in [0, 0.1) is 18.8 Å². The summed E-state index contributed by atoms with van der Waals surface area (Å²) in [6.07, 6.45) is 0. The molecule has 0 radical (unpaired) electrons. The highest BCUT2D eigenvalue weighted by Gasteiger charge is 2.27. The summed E-state index contributed by atoms with van der Waals surface area (Å²) < 4.78 is 6.60. The molecule has 9 heteroatoms. The normalized spacial score (nSPS) is 11.4. The zero-order valence-corrected chi connectivity index (χ0v) is 19.9. The molecule has 0 aliphatic heterocycles. The SMILES string of the molecule is COc1ccc2nc(C)c(C(=O)N(CC(C)C)c3c(N)n(CC(C)C)c(=O)[nH]c3=O)cc2c1. The van der Waals surface area contributed by atoms with E-state index in [1.54, 1.807) is 32.2 Å². The van der Waals surface area contributed by atoms with E-state index in [0.29, 0.717) is 23.6 Å². The molecule has 0 saturated carbocycles. The van der Waals surface area contributed by atoms with Gasteiger partial charge in [-0.3, -0.25) is 24.1 Å². The van der Waals surface area contributed by atoms with Crippen LogP contribution in [0.4, 0.5) is 11.5 Å². The van der Waals surface area contributed by atoms with Crippen LogP contribution >= 0.6 is 0 Å². The van der Waals surface area contributed by atoms with E-state index in [9.17, 15) is 14.4 Å². The lowest BCUT2D eigenvalue weighted by Gasteiger charge is -2.27. The van der Waals surface area contributed by atoms with Gasteiger partial charge in [0.2, 0.25) is 0 Å². The van der Waals surface area contributed by atoms with E-state index in [1.165, 1.54) is 9.47 Å². The van der Waals surface area contributed by atoms with Crippen LogP contribution in [-0.4, -0.2) is 34.1 Å². The molecule has 9 nitrogen and oxygen atoms in total. The molecule has 3 aromatic rings. The third-order valence-corrected chi connectivity index (χ3v) is 5.27. The number of hydrogen-bond acceptors (Lipinski definition) is 6. The first kappa shape index (κ1) is 24.0. The lowest BCUT2D eigenvalue weighted by Crippen LogP contribution is -2.43. The Labute approximate surface area is 192 Å². The van der Waals surface area contributed by atoms with Crippen molar-refractivity contribution in [3.63, 3.8) is 0 Å². The summed E-state index contributed by atoms with van der Waals surface area (Å²) in [4.78, 5) is 47.3. The molecule has 0 aliphatic rings. The first-order valence-corrected chi connectivity index (χ1v) is 10.9. The van der Waals surface area contributed by atoms with Gasteiger partial charge in [-0.2, -0.15) is 0 Å². The monoisotopic (exact) mass is 453 g/mol. The van der Waals surface area contributed by atoms with Crippen LogP contribution < -0.4 is 26.6 Å². The molecule has 1 aromatic carbocycles. The van der Waals surface area contributed by atoms with Crippen molar-refractivity contribution in [1.29, 1.82) is 0 Å². The number of pyridine rings is 1. The molecule has 3 N–H and O–H groups in total. The largest absolute Gasteiger partial charge is 0.497 e. The van der Waals surface area contributed by atoms with Crippen LogP contribution in [0.1, 0.15) is 43.7 Å². The van der Waals surface area contributed by atoms with Crippen LogP contribution in [0.15, 0.2) is 33.9 Å². The molecule has 33 heavy (non-hydrogen) atoms. The summed E-state index contributed by atoms with van der Waals surface area (Å²) in [5.74, 6) is 0.351. The van der Waals surface area contributed by atoms with Gasteiger partial charge >= 0.3 is 5.69 Å². The molecule has 176 valence electrons. The van der Waals surface area contributed by atoms with E-state index in [-0.39, 0.29) is 29.9 Å². The van der Waals surface area contributed by atoms with Gasteiger partial charge in [0.15, 0.2) is 5.69 Å². The summed E-state index contributed by atoms with van der Waals surface area (Å²) in [5.41, 5.74) is 6.59. The topological polar surface area (TPSA) is 123 Å². The maximum absolute atomic E-state index is 13.8. The molecule has 0 saturated heterocycles. The lowest BCUT2D eigenvalue weighted by molar-refractivity contribution is 0.0982. The summed E-state index contributed by atoms with van der Waals surface area (Å²) in [7, 11) is 1.57. The third kappa shape index (κ3) is 4.92. The fourth-order valence-corrected chi connectivity index (χ4v) is 3.77. The van der Waals surface area contributed by atoms with Crippen molar-refractivity contribution in [2.75, 3.05) is 24.3 Å². The van der Waals surface area contributed by atoms with Gasteiger partial charge in [-0.25, -0.2) is 4.79 Å². The van der Waals surface area contributed by atoms with Crippen molar-refractivity contribution in [3.8, 4) is 5.75 Å². The number of nitrogens with one attached hydrogen (secondary N) is 1. The molecule has 0 fully saturated rings.